The first kappa shape index (κ1) is 13.7. The largest absolute Gasteiger partial charge is 0.393 e. The molecule has 1 aliphatic carbocycles. The second-order valence-electron chi connectivity index (χ2n) is 4.92. The second kappa shape index (κ2) is 6.43. The summed E-state index contributed by atoms with van der Waals surface area (Å²) < 4.78 is 0. The number of nitrogens with one attached hydrogen (secondary N) is 1. The van der Waals surface area contributed by atoms with Crippen molar-refractivity contribution in [1.82, 2.24) is 10.2 Å². The summed E-state index contributed by atoms with van der Waals surface area (Å²) >= 11 is 1.32. The van der Waals surface area contributed by atoms with E-state index in [0.29, 0.717) is 13.0 Å². The number of nitrogens with zero attached hydrogens (tertiary/aromatic N) is 1. The Morgan fingerprint density at radius 3 is 2.72 bits per heavy atom. The van der Waals surface area contributed by atoms with Crippen molar-refractivity contribution in [1.29, 1.82) is 0 Å². The van der Waals surface area contributed by atoms with Crippen LogP contribution in [0.25, 0.3) is 0 Å². The molecule has 5 nitrogen and oxygen atoms in total. The van der Waals surface area contributed by atoms with Crippen molar-refractivity contribution in [2.45, 2.75) is 44.2 Å². The average molecular weight is 272 g/mol. The molecule has 18 heavy (non-hydrogen) atoms. The number of carbonyl (C=O) groups excluding carboxylic acids is 2. The Hall–Kier alpha value is -0.750. The summed E-state index contributed by atoms with van der Waals surface area (Å²) in [4.78, 5) is 24.8. The van der Waals surface area contributed by atoms with Gasteiger partial charge in [-0.05, 0) is 25.7 Å². The van der Waals surface area contributed by atoms with Gasteiger partial charge in [0.15, 0.2) is 0 Å². The number of thioether (sulfide) groups is 1. The Morgan fingerprint density at radius 1 is 1.39 bits per heavy atom. The van der Waals surface area contributed by atoms with Crippen molar-refractivity contribution in [2.24, 2.45) is 0 Å². The number of carbonyl (C=O) groups is 2. The van der Waals surface area contributed by atoms with Crippen molar-refractivity contribution in [3.63, 3.8) is 0 Å². The normalized spacial score (nSPS) is 28.5. The fourth-order valence-electron chi connectivity index (χ4n) is 2.39. The first-order chi connectivity index (χ1) is 8.65. The minimum atomic E-state index is -0.197. The molecule has 0 aromatic rings. The fraction of sp³-hybridized carbons (Fsp3) is 0.833. The molecule has 1 saturated heterocycles. The topological polar surface area (TPSA) is 69.6 Å². The Balaban J connectivity index is 1.64. The van der Waals surface area contributed by atoms with Crippen molar-refractivity contribution in [3.8, 4) is 0 Å². The molecule has 0 bridgehead atoms. The number of amides is 2. The molecule has 1 aliphatic heterocycles. The zero-order valence-electron chi connectivity index (χ0n) is 10.4. The number of aliphatic hydroxyl groups is 1. The molecule has 2 fully saturated rings. The molecule has 2 amide bonds. The van der Waals surface area contributed by atoms with E-state index in [1.54, 1.807) is 4.90 Å². The van der Waals surface area contributed by atoms with Crippen LogP contribution in [0.3, 0.4) is 0 Å². The molecule has 0 aromatic carbocycles. The molecule has 0 spiro atoms. The van der Waals surface area contributed by atoms with E-state index in [0.717, 1.165) is 38.0 Å². The van der Waals surface area contributed by atoms with Gasteiger partial charge in [-0.2, -0.15) is 0 Å². The second-order valence-corrected chi connectivity index (χ2v) is 5.97. The van der Waals surface area contributed by atoms with Crippen LogP contribution in [-0.2, 0) is 4.79 Å². The van der Waals surface area contributed by atoms with Crippen molar-refractivity contribution in [2.75, 3.05) is 18.8 Å². The van der Waals surface area contributed by atoms with Gasteiger partial charge in [-0.15, -0.1) is 0 Å². The van der Waals surface area contributed by atoms with Crippen LogP contribution in [0.1, 0.15) is 32.1 Å². The monoisotopic (exact) mass is 272 g/mol. The van der Waals surface area contributed by atoms with E-state index in [1.165, 1.54) is 11.8 Å². The number of aliphatic hydroxyl groups excluding tert-OH is 1. The van der Waals surface area contributed by atoms with Crippen molar-refractivity contribution < 1.29 is 14.7 Å². The minimum Gasteiger partial charge on any atom is -0.393 e. The highest BCUT2D eigenvalue weighted by molar-refractivity contribution is 8.13. The van der Waals surface area contributed by atoms with Gasteiger partial charge >= 0.3 is 0 Å². The molecule has 0 atom stereocenters. The maximum Gasteiger partial charge on any atom is 0.281 e. The van der Waals surface area contributed by atoms with Gasteiger partial charge < -0.3 is 15.3 Å². The standard InChI is InChI=1S/C12H20N2O3S/c15-10-3-1-9(2-4-10)13-11(16)5-6-14-7-8-18-12(14)17/h9-10,15H,1-8H2,(H,13,16). The quantitative estimate of drug-likeness (QED) is 0.800. The van der Waals surface area contributed by atoms with E-state index < -0.39 is 0 Å². The summed E-state index contributed by atoms with van der Waals surface area (Å²) in [5.41, 5.74) is 0. The fourth-order valence-corrected chi connectivity index (χ4v) is 3.24. The third kappa shape index (κ3) is 3.88. The van der Waals surface area contributed by atoms with Gasteiger partial charge in [-0.3, -0.25) is 9.59 Å². The summed E-state index contributed by atoms with van der Waals surface area (Å²) in [6.07, 6.45) is 3.43. The molecule has 2 aliphatic rings. The molecule has 1 heterocycles. The van der Waals surface area contributed by atoms with E-state index in [2.05, 4.69) is 5.32 Å². The van der Waals surface area contributed by atoms with E-state index in [4.69, 9.17) is 0 Å². The molecule has 0 radical (unpaired) electrons. The third-order valence-electron chi connectivity index (χ3n) is 3.52. The van der Waals surface area contributed by atoms with Crippen LogP contribution in [0.5, 0.6) is 0 Å². The molecule has 2 rings (SSSR count). The molecule has 102 valence electrons. The summed E-state index contributed by atoms with van der Waals surface area (Å²) in [5.74, 6) is 0.849. The van der Waals surface area contributed by atoms with Crippen LogP contribution >= 0.6 is 11.8 Å². The molecule has 2 N–H and O–H groups in total. The van der Waals surface area contributed by atoms with Gasteiger partial charge in [0.1, 0.15) is 0 Å². The number of hydrogen-bond donors (Lipinski definition) is 2. The maximum absolute atomic E-state index is 11.7. The van der Waals surface area contributed by atoms with Crippen molar-refractivity contribution in [3.05, 3.63) is 0 Å². The summed E-state index contributed by atoms with van der Waals surface area (Å²) in [7, 11) is 0. The van der Waals surface area contributed by atoms with Gasteiger partial charge in [0, 0.05) is 31.3 Å². The van der Waals surface area contributed by atoms with E-state index in [9.17, 15) is 14.7 Å². The smallest absolute Gasteiger partial charge is 0.281 e. The summed E-state index contributed by atoms with van der Waals surface area (Å²) in [6.45, 7) is 1.28. The molecule has 1 saturated carbocycles. The zero-order valence-corrected chi connectivity index (χ0v) is 11.2. The Morgan fingerprint density at radius 2 is 2.11 bits per heavy atom. The molecule has 0 aromatic heterocycles. The molecular weight excluding hydrogens is 252 g/mol. The van der Waals surface area contributed by atoms with Crippen LogP contribution in [-0.4, -0.2) is 52.1 Å². The highest BCUT2D eigenvalue weighted by Crippen LogP contribution is 2.19. The van der Waals surface area contributed by atoms with Gasteiger partial charge in [-0.1, -0.05) is 11.8 Å². The first-order valence-electron chi connectivity index (χ1n) is 6.54. The SMILES string of the molecule is O=C(CCN1CCSC1=O)NC1CCC(O)CC1. The maximum atomic E-state index is 11.7. The molecule has 0 unspecified atom stereocenters. The Kier molecular flexibility index (Phi) is 4.88. The third-order valence-corrected chi connectivity index (χ3v) is 4.41. The predicted octanol–water partition coefficient (Wildman–Crippen LogP) is 0.965. The van der Waals surface area contributed by atoms with Gasteiger partial charge in [0.2, 0.25) is 5.91 Å². The summed E-state index contributed by atoms with van der Waals surface area (Å²) in [5, 5.41) is 12.4. The van der Waals surface area contributed by atoms with Crippen LogP contribution in [0.4, 0.5) is 4.79 Å². The number of rotatable bonds is 4. The van der Waals surface area contributed by atoms with Crippen LogP contribution in [0.2, 0.25) is 0 Å². The molecular formula is C12H20N2O3S. The lowest BCUT2D eigenvalue weighted by Crippen LogP contribution is -2.40. The highest BCUT2D eigenvalue weighted by atomic mass is 32.2. The van der Waals surface area contributed by atoms with Gasteiger partial charge in [0.05, 0.1) is 6.10 Å². The van der Waals surface area contributed by atoms with E-state index >= 15 is 0 Å². The van der Waals surface area contributed by atoms with Gasteiger partial charge in [0.25, 0.3) is 5.24 Å². The van der Waals surface area contributed by atoms with Gasteiger partial charge in [-0.25, -0.2) is 0 Å². The highest BCUT2D eigenvalue weighted by Gasteiger charge is 2.23. The van der Waals surface area contributed by atoms with Crippen LogP contribution in [0, 0.1) is 0 Å². The number of hydrogen-bond acceptors (Lipinski definition) is 4. The lowest BCUT2D eigenvalue weighted by molar-refractivity contribution is -0.122. The minimum absolute atomic E-state index is 0.0149. The van der Waals surface area contributed by atoms with E-state index in [-0.39, 0.29) is 23.3 Å². The Bertz CT molecular complexity index is 316. The zero-order chi connectivity index (χ0) is 13.0. The average Bonchev–Trinajstić information content (AvgIpc) is 2.75. The lowest BCUT2D eigenvalue weighted by atomic mass is 9.93. The molecule has 6 heteroatoms. The van der Waals surface area contributed by atoms with E-state index in [1.807, 2.05) is 0 Å². The van der Waals surface area contributed by atoms with Crippen molar-refractivity contribution >= 4 is 22.9 Å². The first-order valence-corrected chi connectivity index (χ1v) is 7.53. The summed E-state index contributed by atoms with van der Waals surface area (Å²) in [6, 6.07) is 0.199. The lowest BCUT2D eigenvalue weighted by Gasteiger charge is -2.26. The Labute approximate surface area is 111 Å². The predicted molar refractivity (Wildman–Crippen MR) is 70.4 cm³/mol. The van der Waals surface area contributed by atoms with Crippen LogP contribution < -0.4 is 5.32 Å². The van der Waals surface area contributed by atoms with Crippen LogP contribution in [0.15, 0.2) is 0 Å².